The van der Waals surface area contributed by atoms with Crippen LogP contribution in [0, 0.1) is 29.6 Å². The third-order valence-electron chi connectivity index (χ3n) is 4.20. The second-order valence-corrected chi connectivity index (χ2v) is 7.48. The summed E-state index contributed by atoms with van der Waals surface area (Å²) in [5.41, 5.74) is 1.45. The number of ether oxygens (including phenoxy) is 2. The number of Topliss-reactive ketones (excluding diaryl/α,β-unsaturated/α-hetero) is 1. The van der Waals surface area contributed by atoms with Crippen molar-refractivity contribution in [3.63, 3.8) is 0 Å². The van der Waals surface area contributed by atoms with E-state index in [4.69, 9.17) is 9.47 Å². The van der Waals surface area contributed by atoms with Gasteiger partial charge in [0.25, 0.3) is 0 Å². The molecule has 0 bridgehead atoms. The molecule has 0 amide bonds. The summed E-state index contributed by atoms with van der Waals surface area (Å²) in [6.07, 6.45) is 2.27. The number of carbonyl (C=O) groups is 2. The standard InChI is InChI=1S/C23H22N2O4S/c1-4-10-29-18-8-6-16(7-9-18)11-17(13-24)20(26)12-21-19(14-25)15(3)22(30-21)23(27)28-5-2/h6-9,11H,4-5,10,12H2,1-3H3/b17-11-. The number of thiophene rings is 1. The van der Waals surface area contributed by atoms with Crippen LogP contribution >= 0.6 is 11.3 Å². The van der Waals surface area contributed by atoms with Crippen LogP contribution in [0.5, 0.6) is 5.75 Å². The van der Waals surface area contributed by atoms with Crippen LogP contribution in [0.15, 0.2) is 29.8 Å². The molecule has 7 heteroatoms. The number of allylic oxidation sites excluding steroid dienone is 1. The van der Waals surface area contributed by atoms with Gasteiger partial charge in [-0.1, -0.05) is 19.1 Å². The van der Waals surface area contributed by atoms with Crippen molar-refractivity contribution in [2.24, 2.45) is 0 Å². The zero-order valence-corrected chi connectivity index (χ0v) is 18.0. The summed E-state index contributed by atoms with van der Waals surface area (Å²) in [4.78, 5) is 25.5. The Labute approximate surface area is 180 Å². The Morgan fingerprint density at radius 2 is 1.87 bits per heavy atom. The van der Waals surface area contributed by atoms with Crippen LogP contribution in [0.2, 0.25) is 0 Å². The molecule has 0 N–H and O–H groups in total. The van der Waals surface area contributed by atoms with E-state index in [1.807, 2.05) is 13.0 Å². The largest absolute Gasteiger partial charge is 0.494 e. The van der Waals surface area contributed by atoms with Crippen molar-refractivity contribution in [1.29, 1.82) is 10.5 Å². The summed E-state index contributed by atoms with van der Waals surface area (Å²) in [5.74, 6) is -0.216. The second-order valence-electron chi connectivity index (χ2n) is 6.37. The zero-order chi connectivity index (χ0) is 22.1. The number of nitriles is 2. The lowest BCUT2D eigenvalue weighted by atomic mass is 10.0. The maximum atomic E-state index is 12.7. The van der Waals surface area contributed by atoms with Gasteiger partial charge in [0.2, 0.25) is 0 Å². The first-order valence-corrected chi connectivity index (χ1v) is 10.3. The Bertz CT molecular complexity index is 1040. The quantitative estimate of drug-likeness (QED) is 0.332. The molecule has 1 aromatic heterocycles. The maximum absolute atomic E-state index is 12.7. The summed E-state index contributed by atoms with van der Waals surface area (Å²) >= 11 is 1.06. The van der Waals surface area contributed by atoms with Crippen molar-refractivity contribution in [2.75, 3.05) is 13.2 Å². The van der Waals surface area contributed by atoms with Crippen LogP contribution in [-0.4, -0.2) is 25.0 Å². The minimum absolute atomic E-state index is 0.0233. The molecular formula is C23H22N2O4S. The molecule has 1 aromatic carbocycles. The van der Waals surface area contributed by atoms with Crippen molar-refractivity contribution in [1.82, 2.24) is 0 Å². The minimum Gasteiger partial charge on any atom is -0.494 e. The van der Waals surface area contributed by atoms with Crippen LogP contribution in [-0.2, 0) is 16.0 Å². The van der Waals surface area contributed by atoms with E-state index in [1.165, 1.54) is 6.08 Å². The summed E-state index contributed by atoms with van der Waals surface area (Å²) in [7, 11) is 0. The lowest BCUT2D eigenvalue weighted by Crippen LogP contribution is -2.05. The smallest absolute Gasteiger partial charge is 0.348 e. The molecule has 30 heavy (non-hydrogen) atoms. The topological polar surface area (TPSA) is 100 Å². The Morgan fingerprint density at radius 3 is 2.43 bits per heavy atom. The molecule has 0 aliphatic rings. The van der Waals surface area contributed by atoms with Crippen LogP contribution in [0.4, 0.5) is 0 Å². The van der Waals surface area contributed by atoms with Crippen molar-refractivity contribution >= 4 is 29.2 Å². The van der Waals surface area contributed by atoms with E-state index < -0.39 is 11.8 Å². The zero-order valence-electron chi connectivity index (χ0n) is 17.2. The van der Waals surface area contributed by atoms with Gasteiger partial charge < -0.3 is 9.47 Å². The number of benzene rings is 1. The number of nitrogens with zero attached hydrogens (tertiary/aromatic N) is 2. The van der Waals surface area contributed by atoms with E-state index in [9.17, 15) is 20.1 Å². The van der Waals surface area contributed by atoms with E-state index in [2.05, 4.69) is 6.07 Å². The Hall–Kier alpha value is -3.42. The molecule has 0 spiro atoms. The molecule has 2 rings (SSSR count). The van der Waals surface area contributed by atoms with Gasteiger partial charge in [0, 0.05) is 11.3 Å². The number of carbonyl (C=O) groups excluding carboxylic acids is 2. The van der Waals surface area contributed by atoms with Crippen LogP contribution in [0.25, 0.3) is 6.08 Å². The molecule has 0 atom stereocenters. The first kappa shape index (κ1) is 22.9. The molecule has 6 nitrogen and oxygen atoms in total. The highest BCUT2D eigenvalue weighted by atomic mass is 32.1. The third kappa shape index (κ3) is 5.56. The summed E-state index contributed by atoms with van der Waals surface area (Å²) in [6, 6.07) is 11.1. The third-order valence-corrected chi connectivity index (χ3v) is 5.47. The Balaban J connectivity index is 2.24. The van der Waals surface area contributed by atoms with E-state index in [0.29, 0.717) is 27.5 Å². The average molecular weight is 423 g/mol. The fraction of sp³-hybridized carbons (Fsp3) is 0.304. The van der Waals surface area contributed by atoms with Crippen molar-refractivity contribution in [3.05, 3.63) is 56.3 Å². The molecule has 0 saturated carbocycles. The molecule has 0 fully saturated rings. The highest BCUT2D eigenvalue weighted by Crippen LogP contribution is 2.29. The van der Waals surface area contributed by atoms with Gasteiger partial charge in [-0.3, -0.25) is 4.79 Å². The normalized spacial score (nSPS) is 10.8. The lowest BCUT2D eigenvalue weighted by molar-refractivity contribution is -0.114. The highest BCUT2D eigenvalue weighted by Gasteiger charge is 2.23. The first-order valence-electron chi connectivity index (χ1n) is 9.52. The van der Waals surface area contributed by atoms with Gasteiger partial charge in [0.05, 0.1) is 24.4 Å². The molecule has 154 valence electrons. The first-order chi connectivity index (χ1) is 14.4. The number of esters is 1. The van der Waals surface area contributed by atoms with Crippen molar-refractivity contribution < 1.29 is 19.1 Å². The van der Waals surface area contributed by atoms with E-state index >= 15 is 0 Å². The van der Waals surface area contributed by atoms with Crippen molar-refractivity contribution in [2.45, 2.75) is 33.6 Å². The van der Waals surface area contributed by atoms with Gasteiger partial charge in [-0.2, -0.15) is 10.5 Å². The molecule has 0 aliphatic heterocycles. The SMILES string of the molecule is CCCOc1ccc(/C=C(/C#N)C(=O)Cc2sc(C(=O)OCC)c(C)c2C#N)cc1. The maximum Gasteiger partial charge on any atom is 0.348 e. The molecule has 0 radical (unpaired) electrons. The van der Waals surface area contributed by atoms with Gasteiger partial charge in [-0.05, 0) is 49.6 Å². The van der Waals surface area contributed by atoms with E-state index in [-0.39, 0.29) is 24.2 Å². The molecule has 0 aliphatic carbocycles. The lowest BCUT2D eigenvalue weighted by Gasteiger charge is -2.04. The highest BCUT2D eigenvalue weighted by molar-refractivity contribution is 7.14. The van der Waals surface area contributed by atoms with Gasteiger partial charge in [-0.25, -0.2) is 4.79 Å². The summed E-state index contributed by atoms with van der Waals surface area (Å²) in [6.45, 7) is 6.20. The van der Waals surface area contributed by atoms with Gasteiger partial charge in [0.15, 0.2) is 5.78 Å². The Morgan fingerprint density at radius 1 is 1.17 bits per heavy atom. The molecule has 0 saturated heterocycles. The Kier molecular flexibility index (Phi) is 8.34. The summed E-state index contributed by atoms with van der Waals surface area (Å²) in [5, 5.41) is 18.9. The van der Waals surface area contributed by atoms with Crippen LogP contribution < -0.4 is 4.74 Å². The molecule has 0 unspecified atom stereocenters. The molecular weight excluding hydrogens is 400 g/mol. The average Bonchev–Trinajstić information content (AvgIpc) is 3.06. The van der Waals surface area contributed by atoms with Gasteiger partial charge >= 0.3 is 5.97 Å². The van der Waals surface area contributed by atoms with Crippen molar-refractivity contribution in [3.8, 4) is 17.9 Å². The number of rotatable bonds is 9. The van der Waals surface area contributed by atoms with Gasteiger partial charge in [0.1, 0.15) is 22.8 Å². The number of hydrogen-bond donors (Lipinski definition) is 0. The number of ketones is 1. The second kappa shape index (κ2) is 10.9. The minimum atomic E-state index is -0.517. The molecule has 1 heterocycles. The monoisotopic (exact) mass is 422 g/mol. The van der Waals surface area contributed by atoms with E-state index in [1.54, 1.807) is 38.1 Å². The predicted octanol–water partition coefficient (Wildman–Crippen LogP) is 4.61. The number of hydrogen-bond acceptors (Lipinski definition) is 7. The van der Waals surface area contributed by atoms with E-state index in [0.717, 1.165) is 23.5 Å². The summed E-state index contributed by atoms with van der Waals surface area (Å²) < 4.78 is 10.5. The van der Waals surface area contributed by atoms with Crippen LogP contribution in [0.3, 0.4) is 0 Å². The fourth-order valence-electron chi connectivity index (χ4n) is 2.70. The van der Waals surface area contributed by atoms with Crippen LogP contribution in [0.1, 0.15) is 51.5 Å². The fourth-order valence-corrected chi connectivity index (χ4v) is 3.85. The van der Waals surface area contributed by atoms with Gasteiger partial charge in [-0.15, -0.1) is 11.3 Å². The molecule has 2 aromatic rings. The predicted molar refractivity (Wildman–Crippen MR) is 114 cm³/mol.